The van der Waals surface area contributed by atoms with E-state index in [9.17, 15) is 5.11 Å². The summed E-state index contributed by atoms with van der Waals surface area (Å²) in [6.45, 7) is 9.01. The summed E-state index contributed by atoms with van der Waals surface area (Å²) in [7, 11) is 0. The van der Waals surface area contributed by atoms with Crippen molar-refractivity contribution in [3.8, 4) is 5.88 Å². The maximum atomic E-state index is 9.94. The number of morpholine rings is 1. The number of hydrogen-bond donors (Lipinski definition) is 3. The molecular weight excluding hydrogens is 292 g/mol. The van der Waals surface area contributed by atoms with Crippen molar-refractivity contribution in [2.75, 3.05) is 32.8 Å². The lowest BCUT2D eigenvalue weighted by Crippen LogP contribution is -2.42. The molecule has 2 atom stereocenters. The minimum Gasteiger partial charge on any atom is -0.473 e. The van der Waals surface area contributed by atoms with Gasteiger partial charge in [0.25, 0.3) is 5.88 Å². The summed E-state index contributed by atoms with van der Waals surface area (Å²) in [5.74, 6) is 0.462. The molecule has 8 heteroatoms. The van der Waals surface area contributed by atoms with Crippen LogP contribution >= 0.6 is 11.7 Å². The van der Waals surface area contributed by atoms with Crippen molar-refractivity contribution in [2.45, 2.75) is 38.5 Å². The monoisotopic (exact) mass is 316 g/mol. The van der Waals surface area contributed by atoms with E-state index in [1.54, 1.807) is 0 Å². The van der Waals surface area contributed by atoms with Crippen LogP contribution in [0.4, 0.5) is 0 Å². The van der Waals surface area contributed by atoms with Gasteiger partial charge in [0.05, 0.1) is 18.3 Å². The molecule has 21 heavy (non-hydrogen) atoms. The lowest BCUT2D eigenvalue weighted by atomic mass is 10.1. The fraction of sp³-hybridized carbons (Fsp3) is 0.846. The van der Waals surface area contributed by atoms with Gasteiger partial charge in [0.2, 0.25) is 0 Å². The number of rotatable bonds is 6. The fourth-order valence-corrected chi connectivity index (χ4v) is 2.43. The summed E-state index contributed by atoms with van der Waals surface area (Å²) < 4.78 is 19.6. The van der Waals surface area contributed by atoms with E-state index in [2.05, 4.69) is 40.2 Å². The fourth-order valence-electron chi connectivity index (χ4n) is 1.88. The predicted octanol–water partition coefficient (Wildman–Crippen LogP) is 0.327. The van der Waals surface area contributed by atoms with Crippen molar-refractivity contribution in [1.82, 2.24) is 19.4 Å². The van der Waals surface area contributed by atoms with Crippen molar-refractivity contribution in [3.05, 3.63) is 5.69 Å². The molecule has 2 rings (SSSR count). The number of nitrogens with one attached hydrogen (secondary N) is 2. The summed E-state index contributed by atoms with van der Waals surface area (Å²) in [5.41, 5.74) is 0.679. The number of ether oxygens (including phenoxy) is 2. The molecule has 2 heterocycles. The molecule has 1 aromatic rings. The Morgan fingerprint density at radius 1 is 1.52 bits per heavy atom. The molecule has 0 aliphatic carbocycles. The number of aromatic nitrogens is 2. The van der Waals surface area contributed by atoms with Crippen LogP contribution in [-0.4, -0.2) is 58.3 Å². The molecule has 0 amide bonds. The second-order valence-electron chi connectivity index (χ2n) is 6.11. The number of aliphatic hydroxyl groups excluding tert-OH is 1. The van der Waals surface area contributed by atoms with E-state index in [0.29, 0.717) is 31.3 Å². The van der Waals surface area contributed by atoms with E-state index < -0.39 is 6.10 Å². The Hall–Kier alpha value is -0.800. The van der Waals surface area contributed by atoms with Gasteiger partial charge in [-0.3, -0.25) is 0 Å². The van der Waals surface area contributed by atoms with Gasteiger partial charge in [-0.05, 0) is 20.8 Å². The Morgan fingerprint density at radius 2 is 2.33 bits per heavy atom. The van der Waals surface area contributed by atoms with Crippen LogP contribution in [0, 0.1) is 0 Å². The summed E-state index contributed by atoms with van der Waals surface area (Å²) in [6, 6.07) is 0. The van der Waals surface area contributed by atoms with Gasteiger partial charge in [-0.2, -0.15) is 4.37 Å². The lowest BCUT2D eigenvalue weighted by Gasteiger charge is -2.24. The molecule has 0 aromatic carbocycles. The quantitative estimate of drug-likeness (QED) is 0.697. The average Bonchev–Trinajstić information content (AvgIpc) is 2.91. The van der Waals surface area contributed by atoms with Gasteiger partial charge < -0.3 is 25.2 Å². The minimum absolute atomic E-state index is 0.0318. The zero-order chi connectivity index (χ0) is 15.3. The number of hydrogen-bond acceptors (Lipinski definition) is 8. The number of aliphatic hydroxyl groups is 1. The molecule has 3 N–H and O–H groups in total. The zero-order valence-electron chi connectivity index (χ0n) is 12.8. The molecule has 1 saturated heterocycles. The Balaban J connectivity index is 1.82. The smallest absolute Gasteiger partial charge is 0.251 e. The molecule has 0 bridgehead atoms. The van der Waals surface area contributed by atoms with Gasteiger partial charge in [0.15, 0.2) is 0 Å². The molecule has 0 radical (unpaired) electrons. The Kier molecular flexibility index (Phi) is 5.88. The second-order valence-corrected chi connectivity index (χ2v) is 6.64. The van der Waals surface area contributed by atoms with E-state index in [-0.39, 0.29) is 18.2 Å². The highest BCUT2D eigenvalue weighted by molar-refractivity contribution is 6.99. The van der Waals surface area contributed by atoms with Crippen LogP contribution in [0.1, 0.15) is 32.6 Å². The topological polar surface area (TPSA) is 88.5 Å². The van der Waals surface area contributed by atoms with Gasteiger partial charge in [0.1, 0.15) is 24.5 Å². The van der Waals surface area contributed by atoms with Crippen LogP contribution < -0.4 is 15.4 Å². The largest absolute Gasteiger partial charge is 0.473 e. The molecule has 1 aromatic heterocycles. The first-order valence-electron chi connectivity index (χ1n) is 7.16. The molecule has 7 nitrogen and oxygen atoms in total. The third-order valence-electron chi connectivity index (χ3n) is 3.00. The summed E-state index contributed by atoms with van der Waals surface area (Å²) >= 11 is 1.10. The molecular formula is C13H24N4O3S. The van der Waals surface area contributed by atoms with Crippen molar-refractivity contribution in [2.24, 2.45) is 0 Å². The normalized spacial score (nSPS) is 21.2. The highest BCUT2D eigenvalue weighted by Crippen LogP contribution is 2.26. The molecule has 1 unspecified atom stereocenters. The number of β-amino-alcohol motifs (C(OH)–C–C–N with tert-alkyl or cyclic N) is 1. The van der Waals surface area contributed by atoms with Crippen molar-refractivity contribution in [1.29, 1.82) is 0 Å². The van der Waals surface area contributed by atoms with Gasteiger partial charge in [-0.25, -0.2) is 0 Å². The zero-order valence-corrected chi connectivity index (χ0v) is 13.6. The highest BCUT2D eigenvalue weighted by atomic mass is 32.1. The van der Waals surface area contributed by atoms with E-state index in [4.69, 9.17) is 9.47 Å². The predicted molar refractivity (Wildman–Crippen MR) is 80.7 cm³/mol. The van der Waals surface area contributed by atoms with E-state index in [1.807, 2.05) is 0 Å². The lowest BCUT2D eigenvalue weighted by molar-refractivity contribution is 0.0221. The maximum Gasteiger partial charge on any atom is 0.251 e. The molecule has 0 saturated carbocycles. The van der Waals surface area contributed by atoms with Crippen molar-refractivity contribution >= 4 is 11.7 Å². The van der Waals surface area contributed by atoms with Gasteiger partial charge in [-0.15, -0.1) is 4.37 Å². The van der Waals surface area contributed by atoms with Gasteiger partial charge >= 0.3 is 0 Å². The summed E-state index contributed by atoms with van der Waals surface area (Å²) in [6.07, 6.45) is -0.721. The highest BCUT2D eigenvalue weighted by Gasteiger charge is 2.24. The first kappa shape index (κ1) is 16.6. The van der Waals surface area contributed by atoms with Crippen LogP contribution in [0.15, 0.2) is 0 Å². The minimum atomic E-state index is -0.593. The maximum absolute atomic E-state index is 9.94. The van der Waals surface area contributed by atoms with Crippen LogP contribution in [0.2, 0.25) is 0 Å². The third kappa shape index (κ3) is 5.48. The van der Waals surface area contributed by atoms with Crippen LogP contribution in [0.25, 0.3) is 0 Å². The molecule has 0 spiro atoms. The standard InChI is InChI=1S/C13H24N4O3S/c1-13(2,3)15-6-9(18)8-20-12-11(16-21-17-12)10-7-14-4-5-19-10/h9-10,14-15,18H,4-8H2,1-3H3/t9-,10?/m0/s1. The SMILES string of the molecule is CC(C)(C)NC[C@H](O)COc1nsnc1C1CNCCO1. The molecule has 1 fully saturated rings. The van der Waals surface area contributed by atoms with Gasteiger partial charge in [-0.1, -0.05) is 0 Å². The van der Waals surface area contributed by atoms with E-state index in [0.717, 1.165) is 18.3 Å². The number of nitrogens with zero attached hydrogens (tertiary/aromatic N) is 2. The summed E-state index contributed by atoms with van der Waals surface area (Å²) in [5, 5.41) is 16.4. The first-order chi connectivity index (χ1) is 9.96. The summed E-state index contributed by atoms with van der Waals surface area (Å²) in [4.78, 5) is 0. The Labute approximate surface area is 129 Å². The Bertz CT molecular complexity index is 429. The van der Waals surface area contributed by atoms with E-state index >= 15 is 0 Å². The second kappa shape index (κ2) is 7.46. The average molecular weight is 316 g/mol. The molecule has 1 aliphatic heterocycles. The molecule has 120 valence electrons. The Morgan fingerprint density at radius 3 is 3.00 bits per heavy atom. The van der Waals surface area contributed by atoms with Crippen molar-refractivity contribution in [3.63, 3.8) is 0 Å². The van der Waals surface area contributed by atoms with Crippen LogP contribution in [0.3, 0.4) is 0 Å². The first-order valence-corrected chi connectivity index (χ1v) is 7.89. The van der Waals surface area contributed by atoms with E-state index in [1.165, 1.54) is 0 Å². The third-order valence-corrected chi connectivity index (χ3v) is 3.52. The molecule has 1 aliphatic rings. The van der Waals surface area contributed by atoms with Crippen LogP contribution in [0.5, 0.6) is 5.88 Å². The van der Waals surface area contributed by atoms with Gasteiger partial charge in [0, 0.05) is 25.2 Å². The van der Waals surface area contributed by atoms with Crippen LogP contribution in [-0.2, 0) is 4.74 Å². The van der Waals surface area contributed by atoms with Crippen molar-refractivity contribution < 1.29 is 14.6 Å².